The van der Waals surface area contributed by atoms with Gasteiger partial charge in [0.05, 0.1) is 13.2 Å². The van der Waals surface area contributed by atoms with Gasteiger partial charge >= 0.3 is 0 Å². The quantitative estimate of drug-likeness (QED) is 0.778. The van der Waals surface area contributed by atoms with Gasteiger partial charge in [0.2, 0.25) is 0 Å². The van der Waals surface area contributed by atoms with E-state index in [0.29, 0.717) is 0 Å². The number of rotatable bonds is 4. The molecule has 0 fully saturated rings. The van der Waals surface area contributed by atoms with Crippen LogP contribution in [0.4, 0.5) is 0 Å². The van der Waals surface area contributed by atoms with E-state index in [0.717, 1.165) is 17.7 Å². The van der Waals surface area contributed by atoms with Crippen molar-refractivity contribution in [1.82, 2.24) is 4.90 Å². The van der Waals surface area contributed by atoms with Crippen molar-refractivity contribution in [2.75, 3.05) is 21.2 Å². The second-order valence-corrected chi connectivity index (χ2v) is 3.93. The SMILES string of the molecule is CCc1ccc(OC)c(C(C#N)N(C)C)c1. The van der Waals surface area contributed by atoms with Gasteiger partial charge in [-0.1, -0.05) is 13.0 Å². The summed E-state index contributed by atoms with van der Waals surface area (Å²) < 4.78 is 5.30. The Hall–Kier alpha value is -1.53. The monoisotopic (exact) mass is 218 g/mol. The highest BCUT2D eigenvalue weighted by Crippen LogP contribution is 2.28. The average molecular weight is 218 g/mol. The Labute approximate surface area is 97.3 Å². The minimum Gasteiger partial charge on any atom is -0.496 e. The molecular formula is C13H18N2O. The van der Waals surface area contributed by atoms with Crippen LogP contribution in [0.15, 0.2) is 18.2 Å². The van der Waals surface area contributed by atoms with Gasteiger partial charge in [-0.25, -0.2) is 0 Å². The molecule has 0 N–H and O–H groups in total. The standard InChI is InChI=1S/C13H18N2O/c1-5-10-6-7-13(16-4)11(8-10)12(9-14)15(2)3/h6-8,12H,5H2,1-4H3. The van der Waals surface area contributed by atoms with Crippen molar-refractivity contribution in [2.45, 2.75) is 19.4 Å². The van der Waals surface area contributed by atoms with Crippen LogP contribution in [-0.4, -0.2) is 26.1 Å². The molecule has 86 valence electrons. The summed E-state index contributed by atoms with van der Waals surface area (Å²) in [6, 6.07) is 8.04. The Balaban J connectivity index is 3.22. The molecule has 16 heavy (non-hydrogen) atoms. The maximum atomic E-state index is 9.19. The Morgan fingerprint density at radius 1 is 1.44 bits per heavy atom. The van der Waals surface area contributed by atoms with Crippen LogP contribution in [0.5, 0.6) is 5.75 Å². The third-order valence-electron chi connectivity index (χ3n) is 2.64. The van der Waals surface area contributed by atoms with E-state index >= 15 is 0 Å². The first-order chi connectivity index (χ1) is 7.63. The van der Waals surface area contributed by atoms with Gasteiger partial charge in [-0.15, -0.1) is 0 Å². The summed E-state index contributed by atoms with van der Waals surface area (Å²) in [7, 11) is 5.42. The summed E-state index contributed by atoms with van der Waals surface area (Å²) >= 11 is 0. The van der Waals surface area contributed by atoms with Crippen LogP contribution in [0.25, 0.3) is 0 Å². The van der Waals surface area contributed by atoms with E-state index in [1.165, 1.54) is 5.56 Å². The molecule has 1 atom stereocenters. The molecule has 1 unspecified atom stereocenters. The largest absolute Gasteiger partial charge is 0.496 e. The van der Waals surface area contributed by atoms with Crippen LogP contribution in [0, 0.1) is 11.3 Å². The van der Waals surface area contributed by atoms with E-state index in [2.05, 4.69) is 13.0 Å². The van der Waals surface area contributed by atoms with Crippen molar-refractivity contribution < 1.29 is 4.74 Å². The Morgan fingerprint density at radius 3 is 2.56 bits per heavy atom. The second kappa shape index (κ2) is 5.53. The van der Waals surface area contributed by atoms with Crippen LogP contribution in [0.1, 0.15) is 24.1 Å². The van der Waals surface area contributed by atoms with Gasteiger partial charge in [0.25, 0.3) is 0 Å². The molecule has 1 aromatic rings. The van der Waals surface area contributed by atoms with Crippen molar-refractivity contribution in [3.8, 4) is 11.8 Å². The smallest absolute Gasteiger partial charge is 0.126 e. The highest BCUT2D eigenvalue weighted by molar-refractivity contribution is 5.41. The maximum absolute atomic E-state index is 9.19. The molecule has 0 aliphatic rings. The van der Waals surface area contributed by atoms with Crippen molar-refractivity contribution in [3.05, 3.63) is 29.3 Å². The lowest BCUT2D eigenvalue weighted by Gasteiger charge is -2.20. The summed E-state index contributed by atoms with van der Waals surface area (Å²) in [5.41, 5.74) is 2.16. The van der Waals surface area contributed by atoms with Gasteiger partial charge in [-0.2, -0.15) is 5.26 Å². The minimum absolute atomic E-state index is 0.263. The molecule has 3 nitrogen and oxygen atoms in total. The number of methoxy groups -OCH3 is 1. The van der Waals surface area contributed by atoms with Gasteiger partial charge < -0.3 is 4.74 Å². The van der Waals surface area contributed by atoms with Crippen molar-refractivity contribution in [2.24, 2.45) is 0 Å². The number of hydrogen-bond donors (Lipinski definition) is 0. The molecule has 0 radical (unpaired) electrons. The van der Waals surface area contributed by atoms with E-state index in [9.17, 15) is 5.26 Å². The molecule has 1 aromatic carbocycles. The first kappa shape index (κ1) is 12.5. The molecule has 1 rings (SSSR count). The van der Waals surface area contributed by atoms with E-state index < -0.39 is 0 Å². The van der Waals surface area contributed by atoms with Crippen LogP contribution in [0.3, 0.4) is 0 Å². The van der Waals surface area contributed by atoms with Crippen LogP contribution >= 0.6 is 0 Å². The zero-order valence-corrected chi connectivity index (χ0v) is 10.3. The van der Waals surface area contributed by atoms with Crippen molar-refractivity contribution in [3.63, 3.8) is 0 Å². The normalized spacial score (nSPS) is 12.2. The van der Waals surface area contributed by atoms with Crippen molar-refractivity contribution >= 4 is 0 Å². The first-order valence-corrected chi connectivity index (χ1v) is 5.36. The fraction of sp³-hybridized carbons (Fsp3) is 0.462. The first-order valence-electron chi connectivity index (χ1n) is 5.36. The van der Waals surface area contributed by atoms with Gasteiger partial charge in [-0.3, -0.25) is 4.90 Å². The predicted octanol–water partition coefficient (Wildman–Crippen LogP) is 2.38. The molecule has 3 heteroatoms. The van der Waals surface area contributed by atoms with Crippen LogP contribution in [-0.2, 0) is 6.42 Å². The number of ether oxygens (including phenoxy) is 1. The minimum atomic E-state index is -0.263. The molecule has 0 saturated carbocycles. The molecule has 0 heterocycles. The van der Waals surface area contributed by atoms with E-state index in [1.807, 2.05) is 37.2 Å². The maximum Gasteiger partial charge on any atom is 0.126 e. The molecule has 0 spiro atoms. The lowest BCUT2D eigenvalue weighted by Crippen LogP contribution is -2.19. The Kier molecular flexibility index (Phi) is 4.33. The van der Waals surface area contributed by atoms with Gasteiger partial charge in [-0.05, 0) is 38.2 Å². The molecule has 0 aromatic heterocycles. The molecule has 0 aliphatic carbocycles. The summed E-state index contributed by atoms with van der Waals surface area (Å²) in [6.07, 6.45) is 0.961. The van der Waals surface area contributed by atoms with E-state index in [4.69, 9.17) is 4.74 Å². The van der Waals surface area contributed by atoms with E-state index in [-0.39, 0.29) is 6.04 Å². The lowest BCUT2D eigenvalue weighted by molar-refractivity contribution is 0.340. The third-order valence-corrected chi connectivity index (χ3v) is 2.64. The summed E-state index contributed by atoms with van der Waals surface area (Å²) in [5, 5.41) is 9.19. The van der Waals surface area contributed by atoms with Crippen LogP contribution < -0.4 is 4.74 Å². The molecule has 0 aliphatic heterocycles. The molecule has 0 amide bonds. The second-order valence-electron chi connectivity index (χ2n) is 3.93. The molecule has 0 saturated heterocycles. The highest BCUT2D eigenvalue weighted by Gasteiger charge is 2.17. The van der Waals surface area contributed by atoms with Crippen molar-refractivity contribution in [1.29, 1.82) is 5.26 Å². The number of benzene rings is 1. The van der Waals surface area contributed by atoms with Gasteiger partial charge in [0, 0.05) is 5.56 Å². The summed E-state index contributed by atoms with van der Waals surface area (Å²) in [6.45, 7) is 2.10. The van der Waals surface area contributed by atoms with E-state index in [1.54, 1.807) is 7.11 Å². The lowest BCUT2D eigenvalue weighted by atomic mass is 10.0. The number of nitriles is 1. The number of aryl methyl sites for hydroxylation is 1. The molecule has 0 bridgehead atoms. The van der Waals surface area contributed by atoms with Gasteiger partial charge in [0.1, 0.15) is 11.8 Å². The third kappa shape index (κ3) is 2.53. The topological polar surface area (TPSA) is 36.3 Å². The zero-order chi connectivity index (χ0) is 12.1. The Bertz CT molecular complexity index is 393. The fourth-order valence-electron chi connectivity index (χ4n) is 1.68. The zero-order valence-electron chi connectivity index (χ0n) is 10.3. The molecular weight excluding hydrogens is 200 g/mol. The van der Waals surface area contributed by atoms with Gasteiger partial charge in [0.15, 0.2) is 0 Å². The number of nitrogens with zero attached hydrogens (tertiary/aromatic N) is 2. The predicted molar refractivity (Wildman–Crippen MR) is 64.4 cm³/mol. The van der Waals surface area contributed by atoms with Crippen LogP contribution in [0.2, 0.25) is 0 Å². The fourth-order valence-corrected chi connectivity index (χ4v) is 1.68. The summed E-state index contributed by atoms with van der Waals surface area (Å²) in [4.78, 5) is 1.89. The summed E-state index contributed by atoms with van der Waals surface area (Å²) in [5.74, 6) is 0.775. The number of hydrogen-bond acceptors (Lipinski definition) is 3. The highest BCUT2D eigenvalue weighted by atomic mass is 16.5. The Morgan fingerprint density at radius 2 is 2.12 bits per heavy atom. The average Bonchev–Trinajstić information content (AvgIpc) is 2.29.